The van der Waals surface area contributed by atoms with E-state index in [1.165, 1.54) is 6.07 Å². The van der Waals surface area contributed by atoms with Crippen LogP contribution >= 0.6 is 0 Å². The number of amides is 2. The Morgan fingerprint density at radius 3 is 2.61 bits per heavy atom. The van der Waals surface area contributed by atoms with E-state index in [9.17, 15) is 14.4 Å². The lowest BCUT2D eigenvalue weighted by molar-refractivity contribution is -0.141. The molecule has 0 spiro atoms. The predicted molar refractivity (Wildman–Crippen MR) is 118 cm³/mol. The quantitative estimate of drug-likeness (QED) is 0.666. The molecule has 1 atom stereocenters. The van der Waals surface area contributed by atoms with Crippen molar-refractivity contribution in [3.8, 4) is 11.4 Å². The zero-order chi connectivity index (χ0) is 21.8. The minimum Gasteiger partial charge on any atom is -0.327 e. The van der Waals surface area contributed by atoms with Gasteiger partial charge in [-0.15, -0.1) is 0 Å². The molecule has 158 valence electrons. The molecule has 2 N–H and O–H groups in total. The molecular formula is C24H24N4O3. The van der Waals surface area contributed by atoms with Gasteiger partial charge in [-0.3, -0.25) is 14.4 Å². The topological polar surface area (TPSA) is 95.2 Å². The fourth-order valence-corrected chi connectivity index (χ4v) is 3.88. The number of anilines is 1. The number of H-pyrrole nitrogens is 1. The molecule has 1 aliphatic heterocycles. The Morgan fingerprint density at radius 1 is 1.06 bits per heavy atom. The van der Waals surface area contributed by atoms with E-state index in [0.29, 0.717) is 35.7 Å². The largest absolute Gasteiger partial charge is 0.327 e. The molecule has 2 amide bonds. The first-order valence-corrected chi connectivity index (χ1v) is 10.3. The zero-order valence-electron chi connectivity index (χ0n) is 17.3. The highest BCUT2D eigenvalue weighted by molar-refractivity contribution is 5.98. The highest BCUT2D eigenvalue weighted by atomic mass is 16.2. The number of benzene rings is 2. The van der Waals surface area contributed by atoms with E-state index in [-0.39, 0.29) is 17.4 Å². The van der Waals surface area contributed by atoms with Gasteiger partial charge in [0, 0.05) is 36.0 Å². The van der Waals surface area contributed by atoms with Crippen molar-refractivity contribution >= 4 is 17.5 Å². The van der Waals surface area contributed by atoms with Crippen molar-refractivity contribution in [3.63, 3.8) is 0 Å². The number of nitrogens with zero attached hydrogens (tertiary/aromatic N) is 2. The van der Waals surface area contributed by atoms with Crippen LogP contribution in [0.2, 0.25) is 0 Å². The van der Waals surface area contributed by atoms with Gasteiger partial charge in [0.25, 0.3) is 11.5 Å². The van der Waals surface area contributed by atoms with Crippen molar-refractivity contribution in [3.05, 3.63) is 82.3 Å². The minimum atomic E-state index is -0.699. The summed E-state index contributed by atoms with van der Waals surface area (Å²) in [4.78, 5) is 46.5. The molecule has 1 fully saturated rings. The van der Waals surface area contributed by atoms with E-state index < -0.39 is 6.04 Å². The average Bonchev–Trinajstić information content (AvgIpc) is 2.76. The molecule has 0 radical (unpaired) electrons. The van der Waals surface area contributed by atoms with Gasteiger partial charge < -0.3 is 15.2 Å². The molecular weight excluding hydrogens is 392 g/mol. The molecule has 7 nitrogen and oxygen atoms in total. The van der Waals surface area contributed by atoms with Crippen LogP contribution in [-0.4, -0.2) is 33.2 Å². The van der Waals surface area contributed by atoms with E-state index in [1.807, 2.05) is 36.4 Å². The predicted octanol–water partition coefficient (Wildman–Crippen LogP) is 3.44. The number of aryl methyl sites for hydroxylation is 1. The monoisotopic (exact) mass is 416 g/mol. The maximum absolute atomic E-state index is 13.3. The number of nitrogens with one attached hydrogen (secondary N) is 2. The smallest absolute Gasteiger partial charge is 0.251 e. The average molecular weight is 416 g/mol. The second-order valence-electron chi connectivity index (χ2n) is 7.66. The molecule has 1 aliphatic rings. The fourth-order valence-electron chi connectivity index (χ4n) is 3.88. The van der Waals surface area contributed by atoms with Gasteiger partial charge in [0.05, 0.1) is 0 Å². The maximum atomic E-state index is 13.3. The number of rotatable bonds is 5. The number of aromatic amines is 1. The molecule has 0 saturated carbocycles. The SMILES string of the molecule is Cc1cc(=O)[nH]c(-c2cccc(NC(=O)C(c3ccccc3)N3CCCCC3=O)c2)n1. The van der Waals surface area contributed by atoms with Crippen LogP contribution in [0.15, 0.2) is 65.5 Å². The number of piperidine rings is 1. The van der Waals surface area contributed by atoms with E-state index in [2.05, 4.69) is 15.3 Å². The molecule has 1 unspecified atom stereocenters. The molecule has 1 saturated heterocycles. The van der Waals surface area contributed by atoms with E-state index in [1.54, 1.807) is 30.0 Å². The lowest BCUT2D eigenvalue weighted by atomic mass is 10.0. The second kappa shape index (κ2) is 8.95. The van der Waals surface area contributed by atoms with Gasteiger partial charge in [0.2, 0.25) is 5.91 Å². The number of hydrogen-bond donors (Lipinski definition) is 2. The molecule has 3 aromatic rings. The Bertz CT molecular complexity index is 1160. The minimum absolute atomic E-state index is 0.00876. The molecule has 2 aromatic carbocycles. The summed E-state index contributed by atoms with van der Waals surface area (Å²) >= 11 is 0. The van der Waals surface area contributed by atoms with Crippen LogP contribution in [0, 0.1) is 6.92 Å². The lowest BCUT2D eigenvalue weighted by Gasteiger charge is -2.34. The molecule has 2 heterocycles. The van der Waals surface area contributed by atoms with Crippen LogP contribution in [0.1, 0.15) is 36.6 Å². The molecule has 31 heavy (non-hydrogen) atoms. The van der Waals surface area contributed by atoms with Crippen molar-refractivity contribution in [2.45, 2.75) is 32.2 Å². The summed E-state index contributed by atoms with van der Waals surface area (Å²) in [5.74, 6) is 0.154. The summed E-state index contributed by atoms with van der Waals surface area (Å²) in [5.41, 5.74) is 2.41. The standard InChI is InChI=1S/C24H24N4O3/c1-16-14-20(29)27-23(25-16)18-10-7-11-19(15-18)26-24(31)22(17-8-3-2-4-9-17)28-13-6-5-12-21(28)30/h2-4,7-11,14-15,22H,5-6,12-13H2,1H3,(H,26,31)(H,25,27,29). The first kappa shape index (κ1) is 20.5. The highest BCUT2D eigenvalue weighted by Crippen LogP contribution is 2.28. The molecule has 1 aromatic heterocycles. The first-order valence-electron chi connectivity index (χ1n) is 10.3. The Labute approximate surface area is 180 Å². The third-order valence-electron chi connectivity index (χ3n) is 5.31. The lowest BCUT2D eigenvalue weighted by Crippen LogP contribution is -2.43. The van der Waals surface area contributed by atoms with Crippen molar-refractivity contribution in [1.82, 2.24) is 14.9 Å². The number of aromatic nitrogens is 2. The highest BCUT2D eigenvalue weighted by Gasteiger charge is 2.32. The van der Waals surface area contributed by atoms with E-state index in [4.69, 9.17) is 0 Å². The van der Waals surface area contributed by atoms with Crippen LogP contribution in [0.4, 0.5) is 5.69 Å². The van der Waals surface area contributed by atoms with Gasteiger partial charge in [-0.1, -0.05) is 42.5 Å². The molecule has 0 bridgehead atoms. The van der Waals surface area contributed by atoms with Gasteiger partial charge in [-0.25, -0.2) is 4.98 Å². The summed E-state index contributed by atoms with van der Waals surface area (Å²) in [6.07, 6.45) is 2.19. The molecule has 0 aliphatic carbocycles. The Kier molecular flexibility index (Phi) is 5.93. The fraction of sp³-hybridized carbons (Fsp3) is 0.250. The van der Waals surface area contributed by atoms with Crippen LogP contribution < -0.4 is 10.9 Å². The van der Waals surface area contributed by atoms with Crippen LogP contribution in [0.25, 0.3) is 11.4 Å². The van der Waals surface area contributed by atoms with Gasteiger partial charge in [-0.2, -0.15) is 0 Å². The van der Waals surface area contributed by atoms with Gasteiger partial charge in [0.15, 0.2) is 0 Å². The Balaban J connectivity index is 1.63. The van der Waals surface area contributed by atoms with Gasteiger partial charge in [0.1, 0.15) is 11.9 Å². The number of likely N-dealkylation sites (tertiary alicyclic amines) is 1. The number of carbonyl (C=O) groups excluding carboxylic acids is 2. The van der Waals surface area contributed by atoms with Crippen molar-refractivity contribution < 1.29 is 9.59 Å². The van der Waals surface area contributed by atoms with Crippen molar-refractivity contribution in [1.29, 1.82) is 0 Å². The summed E-state index contributed by atoms with van der Waals surface area (Å²) < 4.78 is 0. The summed E-state index contributed by atoms with van der Waals surface area (Å²) in [6.45, 7) is 2.31. The van der Waals surface area contributed by atoms with E-state index in [0.717, 1.165) is 18.4 Å². The first-order chi connectivity index (χ1) is 15.0. The normalized spacial score (nSPS) is 14.9. The number of carbonyl (C=O) groups is 2. The van der Waals surface area contributed by atoms with Gasteiger partial charge in [-0.05, 0) is 37.5 Å². The third kappa shape index (κ3) is 4.71. The van der Waals surface area contributed by atoms with Crippen LogP contribution in [0.3, 0.4) is 0 Å². The summed E-state index contributed by atoms with van der Waals surface area (Å²) in [7, 11) is 0. The Morgan fingerprint density at radius 2 is 1.87 bits per heavy atom. The maximum Gasteiger partial charge on any atom is 0.251 e. The molecule has 4 rings (SSSR count). The van der Waals surface area contributed by atoms with Crippen LogP contribution in [0.5, 0.6) is 0 Å². The zero-order valence-corrected chi connectivity index (χ0v) is 17.3. The van der Waals surface area contributed by atoms with E-state index >= 15 is 0 Å². The Hall–Kier alpha value is -3.74. The summed E-state index contributed by atoms with van der Waals surface area (Å²) in [6, 6.07) is 17.2. The van der Waals surface area contributed by atoms with Crippen LogP contribution in [-0.2, 0) is 9.59 Å². The number of hydrogen-bond acceptors (Lipinski definition) is 4. The molecule has 7 heteroatoms. The third-order valence-corrected chi connectivity index (χ3v) is 5.31. The van der Waals surface area contributed by atoms with Crippen molar-refractivity contribution in [2.75, 3.05) is 11.9 Å². The second-order valence-corrected chi connectivity index (χ2v) is 7.66. The summed E-state index contributed by atoms with van der Waals surface area (Å²) in [5, 5.41) is 2.95. The van der Waals surface area contributed by atoms with Crippen molar-refractivity contribution in [2.24, 2.45) is 0 Å². The van der Waals surface area contributed by atoms with Gasteiger partial charge >= 0.3 is 0 Å².